The summed E-state index contributed by atoms with van der Waals surface area (Å²) >= 11 is 0. The first-order valence-corrected chi connectivity index (χ1v) is 7.75. The summed E-state index contributed by atoms with van der Waals surface area (Å²) in [7, 11) is 3.09. The van der Waals surface area contributed by atoms with Crippen LogP contribution in [0.1, 0.15) is 17.3 Å². The summed E-state index contributed by atoms with van der Waals surface area (Å²) in [5.41, 5.74) is 1.06. The molecule has 2 aromatic rings. The smallest absolute Gasteiger partial charge is 0.252 e. The summed E-state index contributed by atoms with van der Waals surface area (Å²) in [5.74, 6) is 0.757. The normalized spacial score (nSPS) is 10.0. The van der Waals surface area contributed by atoms with Gasteiger partial charge in [-0.2, -0.15) is 0 Å². The lowest BCUT2D eigenvalue weighted by Gasteiger charge is -2.24. The quantitative estimate of drug-likeness (QED) is 0.830. The maximum atomic E-state index is 12.1. The molecule has 132 valence electrons. The van der Waals surface area contributed by atoms with Crippen molar-refractivity contribution in [1.29, 1.82) is 0 Å². The van der Waals surface area contributed by atoms with Crippen molar-refractivity contribution in [2.75, 3.05) is 32.2 Å². The summed E-state index contributed by atoms with van der Waals surface area (Å²) < 4.78 is 10.5. The predicted octanol–water partition coefficient (Wildman–Crippen LogP) is 1.88. The molecular formula is C18H21N3O4. The Bertz CT molecular complexity index is 734. The first kappa shape index (κ1) is 18.3. The first-order valence-electron chi connectivity index (χ1n) is 7.75. The van der Waals surface area contributed by atoms with Crippen molar-refractivity contribution in [3.63, 3.8) is 0 Å². The van der Waals surface area contributed by atoms with E-state index in [2.05, 4.69) is 10.3 Å². The number of nitrogens with zero attached hydrogens (tertiary/aromatic N) is 2. The second kappa shape index (κ2) is 8.68. The number of aromatic nitrogens is 1. The molecule has 7 heteroatoms. The molecule has 25 heavy (non-hydrogen) atoms. The third-order valence-electron chi connectivity index (χ3n) is 3.60. The van der Waals surface area contributed by atoms with E-state index in [4.69, 9.17) is 9.47 Å². The van der Waals surface area contributed by atoms with Crippen LogP contribution < -0.4 is 19.7 Å². The van der Waals surface area contributed by atoms with Gasteiger partial charge in [-0.05, 0) is 24.3 Å². The van der Waals surface area contributed by atoms with Gasteiger partial charge in [-0.1, -0.05) is 0 Å². The summed E-state index contributed by atoms with van der Waals surface area (Å²) in [4.78, 5) is 29.6. The van der Waals surface area contributed by atoms with E-state index >= 15 is 0 Å². The molecule has 0 aliphatic heterocycles. The van der Waals surface area contributed by atoms with Gasteiger partial charge in [-0.25, -0.2) is 0 Å². The number of ether oxygens (including phenoxy) is 2. The SMILES string of the molecule is COc1ccc(OC)c(N(CCNC(=O)c2cccnc2)C(C)=O)c1. The zero-order valence-electron chi connectivity index (χ0n) is 14.5. The average molecular weight is 343 g/mol. The number of hydrogen-bond donors (Lipinski definition) is 1. The Morgan fingerprint density at radius 2 is 2.00 bits per heavy atom. The number of methoxy groups -OCH3 is 2. The third-order valence-corrected chi connectivity index (χ3v) is 3.60. The highest BCUT2D eigenvalue weighted by molar-refractivity contribution is 5.95. The van der Waals surface area contributed by atoms with Crippen molar-refractivity contribution in [2.24, 2.45) is 0 Å². The molecule has 1 N–H and O–H groups in total. The van der Waals surface area contributed by atoms with Crippen LogP contribution in [0.25, 0.3) is 0 Å². The molecule has 0 saturated heterocycles. The van der Waals surface area contributed by atoms with E-state index in [-0.39, 0.29) is 18.4 Å². The van der Waals surface area contributed by atoms with Gasteiger partial charge in [0.05, 0.1) is 25.5 Å². The van der Waals surface area contributed by atoms with Gasteiger partial charge in [0.1, 0.15) is 11.5 Å². The molecule has 0 spiro atoms. The fourth-order valence-electron chi connectivity index (χ4n) is 2.34. The van der Waals surface area contributed by atoms with E-state index in [1.165, 1.54) is 25.1 Å². The summed E-state index contributed by atoms with van der Waals surface area (Å²) in [6.07, 6.45) is 3.09. The van der Waals surface area contributed by atoms with E-state index in [1.54, 1.807) is 43.6 Å². The van der Waals surface area contributed by atoms with E-state index < -0.39 is 0 Å². The van der Waals surface area contributed by atoms with Crippen molar-refractivity contribution in [1.82, 2.24) is 10.3 Å². The Hall–Kier alpha value is -3.09. The van der Waals surface area contributed by atoms with Crippen LogP contribution in [-0.4, -0.2) is 44.1 Å². The minimum absolute atomic E-state index is 0.165. The molecular weight excluding hydrogens is 322 g/mol. The van der Waals surface area contributed by atoms with Crippen molar-refractivity contribution in [2.45, 2.75) is 6.92 Å². The molecule has 0 fully saturated rings. The zero-order chi connectivity index (χ0) is 18.2. The third kappa shape index (κ3) is 4.69. The number of anilines is 1. The van der Waals surface area contributed by atoms with E-state index in [1.807, 2.05) is 0 Å². The maximum Gasteiger partial charge on any atom is 0.252 e. The zero-order valence-corrected chi connectivity index (χ0v) is 14.5. The van der Waals surface area contributed by atoms with Crippen molar-refractivity contribution in [3.8, 4) is 11.5 Å². The molecule has 0 aliphatic carbocycles. The molecule has 1 aromatic heterocycles. The van der Waals surface area contributed by atoms with Crippen LogP contribution >= 0.6 is 0 Å². The molecule has 0 aliphatic rings. The standard InChI is InChI=1S/C18H21N3O4/c1-13(22)21(16-11-15(24-2)6-7-17(16)25-3)10-9-20-18(23)14-5-4-8-19-12-14/h4-8,11-12H,9-10H2,1-3H3,(H,20,23). The highest BCUT2D eigenvalue weighted by Gasteiger charge is 2.17. The average Bonchev–Trinajstić information content (AvgIpc) is 2.65. The van der Waals surface area contributed by atoms with Crippen molar-refractivity contribution < 1.29 is 19.1 Å². The second-order valence-electron chi connectivity index (χ2n) is 5.21. The number of benzene rings is 1. The first-order chi connectivity index (χ1) is 12.1. The monoisotopic (exact) mass is 343 g/mol. The fraction of sp³-hybridized carbons (Fsp3) is 0.278. The number of nitrogens with one attached hydrogen (secondary N) is 1. The number of amides is 2. The molecule has 0 atom stereocenters. The fourth-order valence-corrected chi connectivity index (χ4v) is 2.34. The second-order valence-corrected chi connectivity index (χ2v) is 5.21. The molecule has 0 bridgehead atoms. The largest absolute Gasteiger partial charge is 0.497 e. The summed E-state index contributed by atoms with van der Waals surface area (Å²) in [5, 5.41) is 2.78. The number of carbonyl (C=O) groups is 2. The van der Waals surface area contributed by atoms with Crippen LogP contribution in [0.5, 0.6) is 11.5 Å². The molecule has 1 aromatic carbocycles. The minimum Gasteiger partial charge on any atom is -0.497 e. The van der Waals surface area contributed by atoms with Crippen molar-refractivity contribution >= 4 is 17.5 Å². The molecule has 2 rings (SSSR count). The lowest BCUT2D eigenvalue weighted by molar-refractivity contribution is -0.116. The van der Waals surface area contributed by atoms with Crippen LogP contribution in [0.4, 0.5) is 5.69 Å². The topological polar surface area (TPSA) is 80.8 Å². The van der Waals surface area contributed by atoms with Gasteiger partial charge >= 0.3 is 0 Å². The molecule has 0 radical (unpaired) electrons. The van der Waals surface area contributed by atoms with E-state index in [0.29, 0.717) is 29.3 Å². The number of hydrogen-bond acceptors (Lipinski definition) is 5. The van der Waals surface area contributed by atoms with Crippen LogP contribution in [0.3, 0.4) is 0 Å². The van der Waals surface area contributed by atoms with E-state index in [0.717, 1.165) is 0 Å². The Kier molecular flexibility index (Phi) is 6.33. The molecule has 0 unspecified atom stereocenters. The van der Waals surface area contributed by atoms with Crippen LogP contribution in [0.2, 0.25) is 0 Å². The Labute approximate surface area is 146 Å². The summed E-state index contributed by atoms with van der Waals surface area (Å²) in [6, 6.07) is 8.58. The molecule has 1 heterocycles. The maximum absolute atomic E-state index is 12.1. The van der Waals surface area contributed by atoms with Crippen molar-refractivity contribution in [3.05, 3.63) is 48.3 Å². The Morgan fingerprint density at radius 1 is 1.20 bits per heavy atom. The highest BCUT2D eigenvalue weighted by atomic mass is 16.5. The van der Waals surface area contributed by atoms with Crippen LogP contribution in [0.15, 0.2) is 42.7 Å². The van der Waals surface area contributed by atoms with Gasteiger partial charge in [0.25, 0.3) is 5.91 Å². The number of pyridine rings is 1. The highest BCUT2D eigenvalue weighted by Crippen LogP contribution is 2.32. The Morgan fingerprint density at radius 3 is 2.60 bits per heavy atom. The molecule has 7 nitrogen and oxygen atoms in total. The van der Waals surface area contributed by atoms with Gasteiger partial charge in [-0.15, -0.1) is 0 Å². The van der Waals surface area contributed by atoms with Gasteiger partial charge < -0.3 is 19.7 Å². The van der Waals surface area contributed by atoms with Crippen LogP contribution in [0, 0.1) is 0 Å². The summed E-state index contributed by atoms with van der Waals surface area (Å²) in [6.45, 7) is 2.04. The lowest BCUT2D eigenvalue weighted by atomic mass is 10.2. The molecule has 0 saturated carbocycles. The van der Waals surface area contributed by atoms with Gasteiger partial charge in [0.2, 0.25) is 5.91 Å². The predicted molar refractivity (Wildman–Crippen MR) is 94.1 cm³/mol. The van der Waals surface area contributed by atoms with Gasteiger partial charge in [0, 0.05) is 38.5 Å². The lowest BCUT2D eigenvalue weighted by Crippen LogP contribution is -2.37. The van der Waals surface area contributed by atoms with E-state index in [9.17, 15) is 9.59 Å². The van der Waals surface area contributed by atoms with Gasteiger partial charge in [-0.3, -0.25) is 14.6 Å². The number of rotatable bonds is 7. The van der Waals surface area contributed by atoms with Gasteiger partial charge in [0.15, 0.2) is 0 Å². The number of carbonyl (C=O) groups excluding carboxylic acids is 2. The van der Waals surface area contributed by atoms with Crippen LogP contribution in [-0.2, 0) is 4.79 Å². The Balaban J connectivity index is 2.09. The minimum atomic E-state index is -0.241. The molecule has 2 amide bonds.